The van der Waals surface area contributed by atoms with Gasteiger partial charge in [0.2, 0.25) is 0 Å². The van der Waals surface area contributed by atoms with E-state index < -0.39 is 0 Å². The first-order valence-electron chi connectivity index (χ1n) is 6.39. The van der Waals surface area contributed by atoms with Gasteiger partial charge in [0.05, 0.1) is 15.9 Å². The summed E-state index contributed by atoms with van der Waals surface area (Å²) in [5, 5.41) is 14.0. The molecule has 0 radical (unpaired) electrons. The number of nitrogens with zero attached hydrogens (tertiary/aromatic N) is 2. The Morgan fingerprint density at radius 2 is 2.00 bits per heavy atom. The molecular formula is C13H23BrN2O. The van der Waals surface area contributed by atoms with Gasteiger partial charge in [0, 0.05) is 13.2 Å². The van der Waals surface area contributed by atoms with Crippen molar-refractivity contribution in [3.05, 3.63) is 15.9 Å². The van der Waals surface area contributed by atoms with Crippen LogP contribution in [0.5, 0.6) is 0 Å². The van der Waals surface area contributed by atoms with E-state index in [4.69, 9.17) is 0 Å². The summed E-state index contributed by atoms with van der Waals surface area (Å²) >= 11 is 3.64. The SMILES string of the molecule is CCc1nn(CC)c(CC(CO)C(C)C)c1Br. The van der Waals surface area contributed by atoms with Gasteiger partial charge < -0.3 is 5.11 Å². The first-order chi connectivity index (χ1) is 8.04. The molecule has 0 aromatic carbocycles. The van der Waals surface area contributed by atoms with Gasteiger partial charge in [-0.1, -0.05) is 20.8 Å². The van der Waals surface area contributed by atoms with Crippen LogP contribution >= 0.6 is 15.9 Å². The van der Waals surface area contributed by atoms with E-state index in [1.807, 2.05) is 4.68 Å². The van der Waals surface area contributed by atoms with Gasteiger partial charge in [0.15, 0.2) is 0 Å². The van der Waals surface area contributed by atoms with Crippen LogP contribution < -0.4 is 0 Å². The standard InChI is InChI=1S/C13H23BrN2O/c1-5-11-13(14)12(16(6-2)15-11)7-10(8-17)9(3)4/h9-10,17H,5-8H2,1-4H3. The van der Waals surface area contributed by atoms with E-state index in [-0.39, 0.29) is 6.61 Å². The molecule has 1 unspecified atom stereocenters. The highest BCUT2D eigenvalue weighted by Crippen LogP contribution is 2.26. The Labute approximate surface area is 112 Å². The van der Waals surface area contributed by atoms with Crippen molar-refractivity contribution in [2.45, 2.75) is 47.1 Å². The summed E-state index contributed by atoms with van der Waals surface area (Å²) in [6, 6.07) is 0. The highest BCUT2D eigenvalue weighted by atomic mass is 79.9. The second-order valence-corrected chi connectivity index (χ2v) is 5.56. The van der Waals surface area contributed by atoms with E-state index in [9.17, 15) is 5.11 Å². The lowest BCUT2D eigenvalue weighted by Crippen LogP contribution is -2.18. The number of aliphatic hydroxyl groups excluding tert-OH is 1. The maximum Gasteiger partial charge on any atom is 0.0766 e. The number of aryl methyl sites for hydroxylation is 2. The average molecular weight is 303 g/mol. The van der Waals surface area contributed by atoms with Crippen LogP contribution in [0.15, 0.2) is 4.47 Å². The molecule has 17 heavy (non-hydrogen) atoms. The van der Waals surface area contributed by atoms with Crippen LogP contribution in [0, 0.1) is 11.8 Å². The third kappa shape index (κ3) is 3.32. The molecule has 1 aromatic rings. The van der Waals surface area contributed by atoms with Gasteiger partial charge in [0.25, 0.3) is 0 Å². The fourth-order valence-corrected chi connectivity index (χ4v) is 2.70. The predicted molar refractivity (Wildman–Crippen MR) is 74.1 cm³/mol. The van der Waals surface area contributed by atoms with Gasteiger partial charge in [-0.3, -0.25) is 4.68 Å². The zero-order chi connectivity index (χ0) is 13.0. The highest BCUT2D eigenvalue weighted by Gasteiger charge is 2.20. The lowest BCUT2D eigenvalue weighted by atomic mass is 9.92. The zero-order valence-electron chi connectivity index (χ0n) is 11.2. The number of halogens is 1. The summed E-state index contributed by atoms with van der Waals surface area (Å²) in [5.41, 5.74) is 2.33. The van der Waals surface area contributed by atoms with Crippen molar-refractivity contribution < 1.29 is 5.11 Å². The summed E-state index contributed by atoms with van der Waals surface area (Å²) < 4.78 is 3.18. The summed E-state index contributed by atoms with van der Waals surface area (Å²) in [5.74, 6) is 0.787. The topological polar surface area (TPSA) is 38.0 Å². The minimum atomic E-state index is 0.237. The van der Waals surface area contributed by atoms with Gasteiger partial charge in [-0.25, -0.2) is 0 Å². The molecule has 1 rings (SSSR count). The van der Waals surface area contributed by atoms with E-state index in [0.29, 0.717) is 11.8 Å². The van der Waals surface area contributed by atoms with Crippen LogP contribution in [-0.4, -0.2) is 21.5 Å². The average Bonchev–Trinajstić information content (AvgIpc) is 2.62. The van der Waals surface area contributed by atoms with E-state index in [1.165, 1.54) is 5.69 Å². The monoisotopic (exact) mass is 302 g/mol. The number of hydrogen-bond donors (Lipinski definition) is 1. The van der Waals surface area contributed by atoms with Crippen LogP contribution in [0.2, 0.25) is 0 Å². The summed E-state index contributed by atoms with van der Waals surface area (Å²) in [4.78, 5) is 0. The van der Waals surface area contributed by atoms with Gasteiger partial charge in [-0.2, -0.15) is 5.10 Å². The molecule has 0 aliphatic rings. The Balaban J connectivity index is 2.99. The molecule has 4 heteroatoms. The van der Waals surface area contributed by atoms with E-state index >= 15 is 0 Å². The molecule has 1 atom stereocenters. The Hall–Kier alpha value is -0.350. The molecule has 0 aliphatic heterocycles. The van der Waals surface area contributed by atoms with E-state index in [2.05, 4.69) is 48.7 Å². The Morgan fingerprint density at radius 3 is 2.41 bits per heavy atom. The Morgan fingerprint density at radius 1 is 1.35 bits per heavy atom. The molecule has 0 saturated carbocycles. The summed E-state index contributed by atoms with van der Waals surface area (Å²) in [7, 11) is 0. The van der Waals surface area contributed by atoms with E-state index in [1.54, 1.807) is 0 Å². The van der Waals surface area contributed by atoms with Crippen LogP contribution in [-0.2, 0) is 19.4 Å². The smallest absolute Gasteiger partial charge is 0.0766 e. The van der Waals surface area contributed by atoms with Gasteiger partial charge >= 0.3 is 0 Å². The van der Waals surface area contributed by atoms with Crippen LogP contribution in [0.1, 0.15) is 39.1 Å². The molecule has 0 saturated heterocycles. The third-order valence-electron chi connectivity index (χ3n) is 3.33. The van der Waals surface area contributed by atoms with Crippen molar-refractivity contribution in [1.29, 1.82) is 0 Å². The van der Waals surface area contributed by atoms with E-state index in [0.717, 1.165) is 29.6 Å². The maximum absolute atomic E-state index is 9.43. The van der Waals surface area contributed by atoms with Crippen LogP contribution in [0.3, 0.4) is 0 Å². The van der Waals surface area contributed by atoms with Crippen molar-refractivity contribution in [3.63, 3.8) is 0 Å². The largest absolute Gasteiger partial charge is 0.396 e. The molecule has 0 amide bonds. The molecule has 0 aliphatic carbocycles. The number of rotatable bonds is 6. The van der Waals surface area contributed by atoms with Crippen molar-refractivity contribution in [2.75, 3.05) is 6.61 Å². The molecule has 1 aromatic heterocycles. The molecule has 0 bridgehead atoms. The van der Waals surface area contributed by atoms with Gasteiger partial charge in [0.1, 0.15) is 0 Å². The normalized spacial score (nSPS) is 13.4. The minimum Gasteiger partial charge on any atom is -0.396 e. The molecule has 1 N–H and O–H groups in total. The second kappa shape index (κ2) is 6.55. The molecule has 98 valence electrons. The maximum atomic E-state index is 9.43. The molecule has 3 nitrogen and oxygen atoms in total. The Bertz CT molecular complexity index is 361. The fraction of sp³-hybridized carbons (Fsp3) is 0.769. The van der Waals surface area contributed by atoms with Crippen molar-refractivity contribution >= 4 is 15.9 Å². The highest BCUT2D eigenvalue weighted by molar-refractivity contribution is 9.10. The molecule has 1 heterocycles. The first-order valence-corrected chi connectivity index (χ1v) is 7.19. The Kier molecular flexibility index (Phi) is 5.67. The minimum absolute atomic E-state index is 0.237. The van der Waals surface area contributed by atoms with Gasteiger partial charge in [-0.05, 0) is 47.5 Å². The van der Waals surface area contributed by atoms with Gasteiger partial charge in [-0.15, -0.1) is 0 Å². The molecule has 0 spiro atoms. The fourth-order valence-electron chi connectivity index (χ4n) is 1.97. The lowest BCUT2D eigenvalue weighted by Gasteiger charge is -2.18. The van der Waals surface area contributed by atoms with Crippen molar-refractivity contribution in [3.8, 4) is 0 Å². The first kappa shape index (κ1) is 14.7. The summed E-state index contributed by atoms with van der Waals surface area (Å²) in [6.07, 6.45) is 1.82. The predicted octanol–water partition coefficient (Wildman–Crippen LogP) is 3.03. The zero-order valence-corrected chi connectivity index (χ0v) is 12.8. The van der Waals surface area contributed by atoms with Crippen molar-refractivity contribution in [2.24, 2.45) is 11.8 Å². The third-order valence-corrected chi connectivity index (χ3v) is 4.24. The van der Waals surface area contributed by atoms with Crippen LogP contribution in [0.4, 0.5) is 0 Å². The second-order valence-electron chi connectivity index (χ2n) is 4.77. The lowest BCUT2D eigenvalue weighted by molar-refractivity contribution is 0.186. The van der Waals surface area contributed by atoms with Crippen LogP contribution in [0.25, 0.3) is 0 Å². The number of hydrogen-bond acceptors (Lipinski definition) is 2. The number of aliphatic hydroxyl groups is 1. The summed E-state index contributed by atoms with van der Waals surface area (Å²) in [6.45, 7) is 9.64. The quantitative estimate of drug-likeness (QED) is 0.877. The molecular weight excluding hydrogens is 280 g/mol. The number of aromatic nitrogens is 2. The van der Waals surface area contributed by atoms with Crippen molar-refractivity contribution in [1.82, 2.24) is 9.78 Å². The molecule has 0 fully saturated rings.